The summed E-state index contributed by atoms with van der Waals surface area (Å²) >= 11 is 6.01. The van der Waals surface area contributed by atoms with E-state index in [0.717, 1.165) is 11.3 Å². The van der Waals surface area contributed by atoms with E-state index in [4.69, 9.17) is 16.7 Å². The van der Waals surface area contributed by atoms with E-state index in [-0.39, 0.29) is 5.56 Å². The maximum absolute atomic E-state index is 11.1. The molecule has 1 aromatic heterocycles. The maximum Gasteiger partial charge on any atom is 0.335 e. The zero-order valence-electron chi connectivity index (χ0n) is 10.5. The van der Waals surface area contributed by atoms with Gasteiger partial charge < -0.3 is 5.11 Å². The SMILES string of the molecule is Cc1ccc(Cl)cc1-n1nnc2ccc(C(=O)O)cc21. The molecule has 100 valence electrons. The molecule has 1 N–H and O–H groups in total. The molecule has 0 saturated carbocycles. The van der Waals surface area contributed by atoms with Crippen molar-refractivity contribution in [2.75, 3.05) is 0 Å². The number of aryl methyl sites for hydroxylation is 1. The van der Waals surface area contributed by atoms with Crippen molar-refractivity contribution >= 4 is 28.6 Å². The lowest BCUT2D eigenvalue weighted by Crippen LogP contribution is -2.01. The lowest BCUT2D eigenvalue weighted by Gasteiger charge is -2.07. The number of carbonyl (C=O) groups is 1. The van der Waals surface area contributed by atoms with Crippen LogP contribution in [-0.2, 0) is 0 Å². The van der Waals surface area contributed by atoms with E-state index in [9.17, 15) is 4.79 Å². The van der Waals surface area contributed by atoms with E-state index < -0.39 is 5.97 Å². The summed E-state index contributed by atoms with van der Waals surface area (Å²) in [5.41, 5.74) is 3.22. The standard InChI is InChI=1S/C14H10ClN3O2/c1-8-2-4-10(15)7-12(8)18-13-6-9(14(19)20)3-5-11(13)16-17-18/h2-7H,1H3,(H,19,20). The summed E-state index contributed by atoms with van der Waals surface area (Å²) in [5.74, 6) is -0.984. The second-order valence-electron chi connectivity index (χ2n) is 4.44. The number of fused-ring (bicyclic) bond motifs is 1. The van der Waals surface area contributed by atoms with Gasteiger partial charge in [-0.1, -0.05) is 22.9 Å². The Morgan fingerprint density at radius 2 is 2.05 bits per heavy atom. The minimum Gasteiger partial charge on any atom is -0.478 e. The van der Waals surface area contributed by atoms with Crippen molar-refractivity contribution in [1.29, 1.82) is 0 Å². The van der Waals surface area contributed by atoms with Crippen LogP contribution in [0.4, 0.5) is 0 Å². The molecule has 1 heterocycles. The molecule has 5 nitrogen and oxygen atoms in total. The highest BCUT2D eigenvalue weighted by Crippen LogP contribution is 2.23. The molecular formula is C14H10ClN3O2. The third kappa shape index (κ3) is 2.02. The molecule has 3 rings (SSSR count). The van der Waals surface area contributed by atoms with E-state index >= 15 is 0 Å². The zero-order valence-corrected chi connectivity index (χ0v) is 11.3. The van der Waals surface area contributed by atoms with Crippen molar-refractivity contribution in [2.24, 2.45) is 0 Å². The fourth-order valence-corrected chi connectivity index (χ4v) is 2.21. The molecule has 0 fully saturated rings. The summed E-state index contributed by atoms with van der Waals surface area (Å²) in [7, 11) is 0. The number of benzene rings is 2. The van der Waals surface area contributed by atoms with Crippen LogP contribution < -0.4 is 0 Å². The van der Waals surface area contributed by atoms with Crippen LogP contribution >= 0.6 is 11.6 Å². The predicted molar refractivity (Wildman–Crippen MR) is 75.6 cm³/mol. The van der Waals surface area contributed by atoms with Crippen LogP contribution in [0.3, 0.4) is 0 Å². The molecule has 3 aromatic rings. The molecule has 0 aliphatic carbocycles. The highest BCUT2D eigenvalue weighted by Gasteiger charge is 2.12. The first kappa shape index (κ1) is 12.6. The largest absolute Gasteiger partial charge is 0.478 e. The van der Waals surface area contributed by atoms with Gasteiger partial charge in [-0.25, -0.2) is 9.48 Å². The minimum absolute atomic E-state index is 0.195. The highest BCUT2D eigenvalue weighted by atomic mass is 35.5. The van der Waals surface area contributed by atoms with E-state index in [0.29, 0.717) is 16.1 Å². The van der Waals surface area contributed by atoms with Gasteiger partial charge in [-0.2, -0.15) is 0 Å². The van der Waals surface area contributed by atoms with Gasteiger partial charge >= 0.3 is 5.97 Å². The van der Waals surface area contributed by atoms with Gasteiger partial charge in [-0.05, 0) is 42.8 Å². The summed E-state index contributed by atoms with van der Waals surface area (Å²) < 4.78 is 1.60. The lowest BCUT2D eigenvalue weighted by molar-refractivity contribution is 0.0697. The van der Waals surface area contributed by atoms with Gasteiger partial charge in [0.05, 0.1) is 16.8 Å². The van der Waals surface area contributed by atoms with Crippen molar-refractivity contribution in [1.82, 2.24) is 15.0 Å². The van der Waals surface area contributed by atoms with Crippen LogP contribution in [0.5, 0.6) is 0 Å². The number of nitrogens with zero attached hydrogens (tertiary/aromatic N) is 3. The molecule has 0 spiro atoms. The monoisotopic (exact) mass is 287 g/mol. The van der Waals surface area contributed by atoms with Crippen LogP contribution in [0.15, 0.2) is 36.4 Å². The van der Waals surface area contributed by atoms with E-state index in [2.05, 4.69) is 10.3 Å². The molecule has 0 bridgehead atoms. The highest BCUT2D eigenvalue weighted by molar-refractivity contribution is 6.30. The summed E-state index contributed by atoms with van der Waals surface area (Å²) in [6.45, 7) is 1.93. The first-order chi connectivity index (χ1) is 9.56. The van der Waals surface area contributed by atoms with Crippen LogP contribution in [0.25, 0.3) is 16.7 Å². The molecule has 2 aromatic carbocycles. The summed E-state index contributed by atoms with van der Waals surface area (Å²) in [6.07, 6.45) is 0. The lowest BCUT2D eigenvalue weighted by atomic mass is 10.1. The van der Waals surface area contributed by atoms with E-state index in [1.807, 2.05) is 13.0 Å². The molecule has 0 aliphatic rings. The first-order valence-corrected chi connectivity index (χ1v) is 6.29. The number of halogens is 1. The fraction of sp³-hybridized carbons (Fsp3) is 0.0714. The molecule has 20 heavy (non-hydrogen) atoms. The Morgan fingerprint density at radius 1 is 1.25 bits per heavy atom. The Kier molecular flexibility index (Phi) is 2.91. The Hall–Kier alpha value is -2.40. The number of rotatable bonds is 2. The second-order valence-corrected chi connectivity index (χ2v) is 4.88. The molecule has 0 aliphatic heterocycles. The van der Waals surface area contributed by atoms with Crippen molar-refractivity contribution in [2.45, 2.75) is 6.92 Å². The van der Waals surface area contributed by atoms with Gasteiger partial charge in [-0.15, -0.1) is 5.10 Å². The molecular weight excluding hydrogens is 278 g/mol. The third-order valence-electron chi connectivity index (χ3n) is 3.09. The third-order valence-corrected chi connectivity index (χ3v) is 3.33. The van der Waals surface area contributed by atoms with Gasteiger partial charge in [0, 0.05) is 5.02 Å². The summed E-state index contributed by atoms with van der Waals surface area (Å²) in [5, 5.41) is 17.8. The molecule has 0 amide bonds. The molecule has 0 radical (unpaired) electrons. The Morgan fingerprint density at radius 3 is 2.80 bits per heavy atom. The normalized spacial score (nSPS) is 10.9. The quantitative estimate of drug-likeness (QED) is 0.786. The van der Waals surface area contributed by atoms with Crippen molar-refractivity contribution in [3.05, 3.63) is 52.5 Å². The predicted octanol–water partition coefficient (Wildman–Crippen LogP) is 3.08. The molecule has 0 saturated heterocycles. The van der Waals surface area contributed by atoms with Gasteiger partial charge in [0.2, 0.25) is 0 Å². The number of carboxylic acids is 1. The number of hydrogen-bond acceptors (Lipinski definition) is 3. The van der Waals surface area contributed by atoms with Crippen LogP contribution in [0, 0.1) is 6.92 Å². The smallest absolute Gasteiger partial charge is 0.335 e. The summed E-state index contributed by atoms with van der Waals surface area (Å²) in [4.78, 5) is 11.1. The molecule has 6 heteroatoms. The van der Waals surface area contributed by atoms with Gasteiger partial charge in [0.25, 0.3) is 0 Å². The van der Waals surface area contributed by atoms with Crippen molar-refractivity contribution in [3.63, 3.8) is 0 Å². The van der Waals surface area contributed by atoms with Gasteiger partial charge in [-0.3, -0.25) is 0 Å². The van der Waals surface area contributed by atoms with Crippen LogP contribution in [0.1, 0.15) is 15.9 Å². The van der Waals surface area contributed by atoms with E-state index in [1.165, 1.54) is 6.07 Å². The first-order valence-electron chi connectivity index (χ1n) is 5.91. The Bertz CT molecular complexity index is 826. The fourth-order valence-electron chi connectivity index (χ4n) is 2.04. The van der Waals surface area contributed by atoms with Crippen LogP contribution in [-0.4, -0.2) is 26.1 Å². The van der Waals surface area contributed by atoms with Gasteiger partial charge in [0.1, 0.15) is 5.52 Å². The minimum atomic E-state index is -0.984. The number of hydrogen-bond donors (Lipinski definition) is 1. The molecule has 0 atom stereocenters. The second kappa shape index (κ2) is 4.61. The zero-order chi connectivity index (χ0) is 14.3. The van der Waals surface area contributed by atoms with E-state index in [1.54, 1.807) is 28.9 Å². The number of carboxylic acid groups (broad SMARTS) is 1. The van der Waals surface area contributed by atoms with Crippen molar-refractivity contribution < 1.29 is 9.90 Å². The van der Waals surface area contributed by atoms with Crippen molar-refractivity contribution in [3.8, 4) is 5.69 Å². The van der Waals surface area contributed by atoms with Crippen LogP contribution in [0.2, 0.25) is 5.02 Å². The Labute approximate surface area is 119 Å². The average molecular weight is 288 g/mol. The number of aromatic carboxylic acids is 1. The topological polar surface area (TPSA) is 68.0 Å². The Balaban J connectivity index is 2.28. The average Bonchev–Trinajstić information content (AvgIpc) is 2.84. The molecule has 0 unspecified atom stereocenters. The summed E-state index contributed by atoms with van der Waals surface area (Å²) in [6, 6.07) is 10.2. The number of aromatic nitrogens is 3. The maximum atomic E-state index is 11.1. The van der Waals surface area contributed by atoms with Gasteiger partial charge in [0.15, 0.2) is 0 Å².